The first-order valence-electron chi connectivity index (χ1n) is 3.89. The molecular weight excluding hydrogens is 207 g/mol. The van der Waals surface area contributed by atoms with Gasteiger partial charge in [-0.2, -0.15) is 12.7 Å². The van der Waals surface area contributed by atoms with Gasteiger partial charge in [0.05, 0.1) is 0 Å². The van der Waals surface area contributed by atoms with Crippen molar-refractivity contribution in [3.8, 4) is 0 Å². The van der Waals surface area contributed by atoms with Crippen molar-refractivity contribution in [2.75, 3.05) is 13.1 Å². The monoisotopic (exact) mass is 217 g/mol. The van der Waals surface area contributed by atoms with E-state index in [2.05, 4.69) is 0 Å². The highest BCUT2D eigenvalue weighted by Crippen LogP contribution is 2.25. The Bertz CT molecular complexity index is 259. The molecule has 0 aromatic rings. The van der Waals surface area contributed by atoms with Crippen LogP contribution in [-0.2, 0) is 10.4 Å². The predicted molar refractivity (Wildman–Crippen MR) is 40.3 cm³/mol. The molecule has 0 N–H and O–H groups in total. The van der Waals surface area contributed by atoms with Crippen molar-refractivity contribution in [2.24, 2.45) is 5.92 Å². The van der Waals surface area contributed by atoms with Gasteiger partial charge in [0.15, 0.2) is 0 Å². The lowest BCUT2D eigenvalue weighted by Gasteiger charge is -2.27. The SMILES string of the molecule is O=S(=O)(F)N1CCC(C(F)F)CC1. The molecule has 78 valence electrons. The summed E-state index contributed by atoms with van der Waals surface area (Å²) in [4.78, 5) is 0. The smallest absolute Gasteiger partial charge is 0.210 e. The van der Waals surface area contributed by atoms with Crippen LogP contribution in [0.4, 0.5) is 12.7 Å². The van der Waals surface area contributed by atoms with Crippen LogP contribution in [0, 0.1) is 5.92 Å². The number of hydrogen-bond donors (Lipinski definition) is 0. The normalized spacial score (nSPS) is 22.5. The van der Waals surface area contributed by atoms with Crippen molar-refractivity contribution in [1.82, 2.24) is 4.31 Å². The highest BCUT2D eigenvalue weighted by atomic mass is 32.3. The predicted octanol–water partition coefficient (Wildman–Crippen LogP) is 1.18. The molecule has 0 atom stereocenters. The quantitative estimate of drug-likeness (QED) is 0.651. The molecule has 1 saturated heterocycles. The molecule has 1 fully saturated rings. The first-order chi connectivity index (χ1) is 5.91. The summed E-state index contributed by atoms with van der Waals surface area (Å²) in [5, 5.41) is 0. The second kappa shape index (κ2) is 3.83. The Labute approximate surface area is 74.9 Å². The van der Waals surface area contributed by atoms with E-state index in [0.717, 1.165) is 0 Å². The van der Waals surface area contributed by atoms with Crippen LogP contribution in [0.5, 0.6) is 0 Å². The van der Waals surface area contributed by atoms with Crippen LogP contribution in [-0.4, -0.2) is 32.2 Å². The number of halogens is 3. The lowest BCUT2D eigenvalue weighted by molar-refractivity contribution is 0.0484. The molecule has 0 bridgehead atoms. The van der Waals surface area contributed by atoms with Gasteiger partial charge in [-0.3, -0.25) is 0 Å². The van der Waals surface area contributed by atoms with Crippen LogP contribution in [0.1, 0.15) is 12.8 Å². The topological polar surface area (TPSA) is 37.4 Å². The largest absolute Gasteiger partial charge is 0.374 e. The Kier molecular flexibility index (Phi) is 3.18. The van der Waals surface area contributed by atoms with Gasteiger partial charge in [0, 0.05) is 19.0 Å². The summed E-state index contributed by atoms with van der Waals surface area (Å²) in [5.74, 6) is -0.794. The van der Waals surface area contributed by atoms with Crippen molar-refractivity contribution in [2.45, 2.75) is 19.3 Å². The number of hydrogen-bond acceptors (Lipinski definition) is 2. The molecule has 13 heavy (non-hydrogen) atoms. The zero-order valence-corrected chi connectivity index (χ0v) is 7.61. The fraction of sp³-hybridized carbons (Fsp3) is 1.00. The van der Waals surface area contributed by atoms with Gasteiger partial charge in [-0.1, -0.05) is 3.89 Å². The van der Waals surface area contributed by atoms with Gasteiger partial charge in [-0.15, -0.1) is 0 Å². The third kappa shape index (κ3) is 2.84. The number of nitrogens with zero attached hydrogens (tertiary/aromatic N) is 1. The molecule has 3 nitrogen and oxygen atoms in total. The molecule has 1 aliphatic heterocycles. The van der Waals surface area contributed by atoms with Crippen LogP contribution in [0.2, 0.25) is 0 Å². The molecule has 1 heterocycles. The maximum absolute atomic E-state index is 12.3. The lowest BCUT2D eigenvalue weighted by atomic mass is 9.99. The van der Waals surface area contributed by atoms with Crippen molar-refractivity contribution in [1.29, 1.82) is 0 Å². The highest BCUT2D eigenvalue weighted by Gasteiger charge is 2.31. The third-order valence-electron chi connectivity index (χ3n) is 2.16. The van der Waals surface area contributed by atoms with E-state index in [1.54, 1.807) is 0 Å². The minimum absolute atomic E-state index is 0.0286. The molecule has 0 amide bonds. The van der Waals surface area contributed by atoms with E-state index in [-0.39, 0.29) is 25.9 Å². The first kappa shape index (κ1) is 10.8. The summed E-state index contributed by atoms with van der Waals surface area (Å²) in [6.07, 6.45) is -2.38. The standard InChI is InChI=1S/C6H10F3NO2S/c7-6(8)5-1-3-10(4-2-5)13(9,11)12/h5-6H,1-4H2. The molecule has 0 radical (unpaired) electrons. The van der Waals surface area contributed by atoms with Gasteiger partial charge < -0.3 is 0 Å². The van der Waals surface area contributed by atoms with Crippen molar-refractivity contribution in [3.05, 3.63) is 0 Å². The average molecular weight is 217 g/mol. The van der Waals surface area contributed by atoms with Crippen molar-refractivity contribution >= 4 is 10.4 Å². The first-order valence-corrected chi connectivity index (χ1v) is 5.23. The van der Waals surface area contributed by atoms with Crippen molar-refractivity contribution in [3.63, 3.8) is 0 Å². The minimum Gasteiger partial charge on any atom is -0.210 e. The van der Waals surface area contributed by atoms with Crippen LogP contribution in [0.15, 0.2) is 0 Å². The summed E-state index contributed by atoms with van der Waals surface area (Å²) in [6, 6.07) is 0. The zero-order chi connectivity index (χ0) is 10.1. The Balaban J connectivity index is 2.49. The lowest BCUT2D eigenvalue weighted by Crippen LogP contribution is -2.38. The van der Waals surface area contributed by atoms with E-state index in [0.29, 0.717) is 4.31 Å². The average Bonchev–Trinajstić information content (AvgIpc) is 2.03. The molecule has 0 unspecified atom stereocenters. The van der Waals surface area contributed by atoms with E-state index in [4.69, 9.17) is 0 Å². The van der Waals surface area contributed by atoms with Gasteiger partial charge >= 0.3 is 10.4 Å². The summed E-state index contributed by atoms with van der Waals surface area (Å²) in [7, 11) is -4.69. The molecule has 0 spiro atoms. The van der Waals surface area contributed by atoms with Gasteiger partial charge in [0.1, 0.15) is 0 Å². The Morgan fingerprint density at radius 1 is 1.23 bits per heavy atom. The van der Waals surface area contributed by atoms with Crippen molar-refractivity contribution < 1.29 is 21.1 Å². The van der Waals surface area contributed by atoms with Gasteiger partial charge in [-0.25, -0.2) is 8.78 Å². The van der Waals surface area contributed by atoms with E-state index in [1.165, 1.54) is 0 Å². The number of rotatable bonds is 2. The zero-order valence-electron chi connectivity index (χ0n) is 6.79. The number of piperidine rings is 1. The maximum atomic E-state index is 12.3. The Morgan fingerprint density at radius 3 is 2.00 bits per heavy atom. The summed E-state index contributed by atoms with van der Waals surface area (Å²) in [6.45, 7) is -0.290. The third-order valence-corrected chi connectivity index (χ3v) is 3.15. The molecule has 1 aliphatic rings. The molecule has 0 aliphatic carbocycles. The van der Waals surface area contributed by atoms with Gasteiger partial charge in [-0.05, 0) is 12.8 Å². The highest BCUT2D eigenvalue weighted by molar-refractivity contribution is 7.83. The van der Waals surface area contributed by atoms with Crippen LogP contribution >= 0.6 is 0 Å². The maximum Gasteiger partial charge on any atom is 0.374 e. The fourth-order valence-corrected chi connectivity index (χ4v) is 1.99. The molecule has 0 aromatic carbocycles. The number of alkyl halides is 2. The molecule has 0 saturated carbocycles. The molecule has 1 rings (SSSR count). The van der Waals surface area contributed by atoms with Crippen LogP contribution < -0.4 is 0 Å². The summed E-state index contributed by atoms with van der Waals surface area (Å²) in [5.41, 5.74) is 0. The molecule has 7 heteroatoms. The van der Waals surface area contributed by atoms with E-state index in [1.807, 2.05) is 0 Å². The van der Waals surface area contributed by atoms with Crippen LogP contribution in [0.3, 0.4) is 0 Å². The van der Waals surface area contributed by atoms with E-state index < -0.39 is 22.8 Å². The minimum atomic E-state index is -4.69. The summed E-state index contributed by atoms with van der Waals surface area (Å²) >= 11 is 0. The van der Waals surface area contributed by atoms with Gasteiger partial charge in [0.2, 0.25) is 6.43 Å². The Morgan fingerprint density at radius 2 is 1.69 bits per heavy atom. The van der Waals surface area contributed by atoms with E-state index in [9.17, 15) is 21.1 Å². The second-order valence-electron chi connectivity index (χ2n) is 3.01. The van der Waals surface area contributed by atoms with Gasteiger partial charge in [0.25, 0.3) is 0 Å². The summed E-state index contributed by atoms with van der Waals surface area (Å²) < 4.78 is 57.7. The van der Waals surface area contributed by atoms with E-state index >= 15 is 0 Å². The second-order valence-corrected chi connectivity index (χ2v) is 4.35. The molecule has 0 aromatic heterocycles. The fourth-order valence-electron chi connectivity index (χ4n) is 1.35. The van der Waals surface area contributed by atoms with Crippen LogP contribution in [0.25, 0.3) is 0 Å². The Hall–Kier alpha value is -0.300. The molecular formula is C6H10F3NO2S.